The van der Waals surface area contributed by atoms with Gasteiger partial charge in [-0.05, 0) is 121 Å². The van der Waals surface area contributed by atoms with E-state index in [1.165, 1.54) is 96.3 Å². The van der Waals surface area contributed by atoms with E-state index in [0.29, 0.717) is 19.8 Å². The molecule has 0 radical (unpaired) electrons. The number of imidazole rings is 1. The Bertz CT molecular complexity index is 3100. The van der Waals surface area contributed by atoms with Crippen molar-refractivity contribution in [3.05, 3.63) is 132 Å². The van der Waals surface area contributed by atoms with Crippen LogP contribution in [-0.2, 0) is 7.05 Å². The smallest absolute Gasteiger partial charge is 0.143 e. The van der Waals surface area contributed by atoms with Crippen LogP contribution in [0.5, 0.6) is 17.2 Å². The Morgan fingerprint density at radius 3 is 1.00 bits per heavy atom. The molecule has 3 aromatic carbocycles. The van der Waals surface area contributed by atoms with Crippen molar-refractivity contribution in [2.75, 3.05) is 19.8 Å². The highest BCUT2D eigenvalue weighted by atomic mass is 16.5. The van der Waals surface area contributed by atoms with Gasteiger partial charge in [-0.25, -0.2) is 15.0 Å². The summed E-state index contributed by atoms with van der Waals surface area (Å²) in [5.41, 5.74) is 14.1. The van der Waals surface area contributed by atoms with Crippen LogP contribution in [0.2, 0.25) is 0 Å². The second-order valence-corrected chi connectivity index (χ2v) is 20.3. The molecule has 0 spiro atoms. The number of H-pyrrole nitrogens is 2. The maximum Gasteiger partial charge on any atom is 0.143 e. The number of hydrogen-bond acceptors (Lipinski definition) is 6. The molecule has 7 aromatic rings. The number of fused-ring (bicyclic) bond motifs is 8. The van der Waals surface area contributed by atoms with Gasteiger partial charge in [0.25, 0.3) is 0 Å². The second kappa shape index (κ2) is 26.9. The number of hydrogen-bond donors (Lipinski definition) is 2. The van der Waals surface area contributed by atoms with Gasteiger partial charge in [-0.1, -0.05) is 153 Å². The first-order valence-electron chi connectivity index (χ1n) is 28.3. The van der Waals surface area contributed by atoms with Crippen molar-refractivity contribution in [2.45, 2.75) is 136 Å². The van der Waals surface area contributed by atoms with E-state index in [-0.39, 0.29) is 0 Å². The standard InChI is InChI=1S/C66H78N6O3/c1-5-8-11-14-17-20-45-73-51-29-23-48(24-30-51)62-54-35-37-56(68-54)63(49-25-31-52(32-26-49)74-46-21-18-15-12-9-6-2)58-39-41-60(70-58)65(66-67-43-44-72(66)4)61-42-40-59(71-61)64(57-38-36-55(62)69-57)50-27-33-53(34-28-50)75-47-22-19-16-13-10-7-3/h23-44,68,71H,5-22,45-47H2,1-4H3. The molecule has 8 bridgehead atoms. The number of unbranched alkanes of at least 4 members (excludes halogenated alkanes) is 15. The Labute approximate surface area is 445 Å². The highest BCUT2D eigenvalue weighted by Gasteiger charge is 2.21. The highest BCUT2D eigenvalue weighted by Crippen LogP contribution is 2.39. The van der Waals surface area contributed by atoms with E-state index in [9.17, 15) is 0 Å². The van der Waals surface area contributed by atoms with Crippen molar-refractivity contribution in [3.8, 4) is 62.0 Å². The van der Waals surface area contributed by atoms with Crippen LogP contribution in [0.4, 0.5) is 0 Å². The van der Waals surface area contributed by atoms with Crippen LogP contribution in [-0.4, -0.2) is 49.3 Å². The Morgan fingerprint density at radius 1 is 0.373 bits per heavy atom. The maximum atomic E-state index is 6.29. The Balaban J connectivity index is 1.17. The molecule has 9 nitrogen and oxygen atoms in total. The Morgan fingerprint density at radius 2 is 0.680 bits per heavy atom. The van der Waals surface area contributed by atoms with E-state index in [4.69, 9.17) is 29.2 Å². The monoisotopic (exact) mass is 1000 g/mol. The molecule has 0 aliphatic carbocycles. The van der Waals surface area contributed by atoms with Gasteiger partial charge in [0.1, 0.15) is 23.1 Å². The molecule has 0 amide bonds. The fourth-order valence-corrected chi connectivity index (χ4v) is 10.3. The topological polar surface area (TPSA) is 103 Å². The van der Waals surface area contributed by atoms with Crippen LogP contribution in [0, 0.1) is 0 Å². The number of nitrogens with one attached hydrogen (secondary N) is 2. The first kappa shape index (κ1) is 52.7. The van der Waals surface area contributed by atoms with Crippen molar-refractivity contribution in [3.63, 3.8) is 0 Å². The number of ether oxygens (including phenoxy) is 3. The van der Waals surface area contributed by atoms with Gasteiger partial charge in [-0.3, -0.25) is 0 Å². The second-order valence-electron chi connectivity index (χ2n) is 20.3. The lowest BCUT2D eigenvalue weighted by molar-refractivity contribution is 0.304. The average molecular weight is 1000 g/mol. The lowest BCUT2D eigenvalue weighted by Crippen LogP contribution is -1.97. The molecular weight excluding hydrogens is 925 g/mol. The molecule has 2 aliphatic rings. The summed E-state index contributed by atoms with van der Waals surface area (Å²) >= 11 is 0. The van der Waals surface area contributed by atoms with Crippen molar-refractivity contribution in [1.29, 1.82) is 0 Å². The third-order valence-corrected chi connectivity index (χ3v) is 14.5. The lowest BCUT2D eigenvalue weighted by Gasteiger charge is -2.10. The number of aromatic amines is 2. The number of nitrogens with zero attached hydrogens (tertiary/aromatic N) is 4. The molecule has 0 saturated heterocycles. The fraction of sp³-hybridized carbons (Fsp3) is 0.379. The summed E-state index contributed by atoms with van der Waals surface area (Å²) in [6.07, 6.45) is 34.5. The van der Waals surface area contributed by atoms with Gasteiger partial charge in [0.15, 0.2) is 0 Å². The summed E-state index contributed by atoms with van der Waals surface area (Å²) in [4.78, 5) is 23.7. The predicted molar refractivity (Wildman–Crippen MR) is 314 cm³/mol. The van der Waals surface area contributed by atoms with E-state index < -0.39 is 0 Å². The molecule has 9 heteroatoms. The molecule has 6 heterocycles. The predicted octanol–water partition coefficient (Wildman–Crippen LogP) is 18.3. The molecule has 0 fully saturated rings. The van der Waals surface area contributed by atoms with E-state index in [0.717, 1.165) is 126 Å². The van der Waals surface area contributed by atoms with Crippen molar-refractivity contribution < 1.29 is 14.2 Å². The minimum absolute atomic E-state index is 0.713. The van der Waals surface area contributed by atoms with Crippen LogP contribution in [0.25, 0.3) is 91.1 Å². The van der Waals surface area contributed by atoms with Crippen LogP contribution < -0.4 is 14.2 Å². The highest BCUT2D eigenvalue weighted by molar-refractivity contribution is 5.99. The average Bonchev–Trinajstić information content (AvgIpc) is 4.33. The number of benzene rings is 3. The molecule has 390 valence electrons. The van der Waals surface area contributed by atoms with E-state index in [1.807, 2.05) is 19.4 Å². The SMILES string of the molecule is CCCCCCCCOc1ccc(-c2c3nc(c(-c4ccc(OCCCCCCCC)cc4)c4ccc([nH]4)c(-c4nccn4C)c4nc(c(-c5ccc(OCCCCCCCC)cc5)c5ccc2[nH]5)C=C4)C=C3)cc1. The summed E-state index contributed by atoms with van der Waals surface area (Å²) in [7, 11) is 2.03. The van der Waals surface area contributed by atoms with E-state index in [1.54, 1.807) is 0 Å². The van der Waals surface area contributed by atoms with Crippen LogP contribution >= 0.6 is 0 Å². The van der Waals surface area contributed by atoms with Crippen LogP contribution in [0.1, 0.15) is 159 Å². The van der Waals surface area contributed by atoms with Crippen LogP contribution in [0.15, 0.2) is 109 Å². The summed E-state index contributed by atoms with van der Waals surface area (Å²) < 4.78 is 20.9. The zero-order valence-electron chi connectivity index (χ0n) is 45.1. The Hall–Kier alpha value is -7.13. The molecule has 4 aromatic heterocycles. The number of aromatic nitrogens is 6. The zero-order chi connectivity index (χ0) is 51.6. The molecular formula is C66H78N6O3. The van der Waals surface area contributed by atoms with Gasteiger partial charge in [0, 0.05) is 52.7 Å². The molecule has 0 unspecified atom stereocenters. The summed E-state index contributed by atoms with van der Waals surface area (Å²) in [5.74, 6) is 3.42. The molecule has 2 N–H and O–H groups in total. The van der Waals surface area contributed by atoms with Crippen molar-refractivity contribution in [1.82, 2.24) is 29.5 Å². The molecule has 9 rings (SSSR count). The largest absolute Gasteiger partial charge is 0.494 e. The maximum absolute atomic E-state index is 6.29. The summed E-state index contributed by atoms with van der Waals surface area (Å²) in [6.45, 7) is 8.92. The molecule has 75 heavy (non-hydrogen) atoms. The summed E-state index contributed by atoms with van der Waals surface area (Å²) in [6, 6.07) is 34.2. The van der Waals surface area contributed by atoms with Gasteiger partial charge in [0.05, 0.1) is 53.7 Å². The van der Waals surface area contributed by atoms with Gasteiger partial charge in [-0.2, -0.15) is 0 Å². The van der Waals surface area contributed by atoms with Crippen LogP contribution in [0.3, 0.4) is 0 Å². The zero-order valence-corrected chi connectivity index (χ0v) is 45.1. The van der Waals surface area contributed by atoms with Gasteiger partial charge < -0.3 is 28.7 Å². The van der Waals surface area contributed by atoms with E-state index >= 15 is 0 Å². The quantitative estimate of drug-likeness (QED) is 0.0474. The molecule has 0 saturated carbocycles. The third kappa shape index (κ3) is 13.6. The van der Waals surface area contributed by atoms with Gasteiger partial charge in [0.2, 0.25) is 0 Å². The van der Waals surface area contributed by atoms with Gasteiger partial charge in [-0.15, -0.1) is 0 Å². The van der Waals surface area contributed by atoms with Crippen molar-refractivity contribution in [2.24, 2.45) is 7.05 Å². The minimum atomic E-state index is 0.713. The number of aryl methyl sites for hydroxylation is 1. The molecule has 0 atom stereocenters. The molecule has 2 aliphatic heterocycles. The summed E-state index contributed by atoms with van der Waals surface area (Å²) in [5, 5.41) is 0. The minimum Gasteiger partial charge on any atom is -0.494 e. The lowest BCUT2D eigenvalue weighted by atomic mass is 10.0. The van der Waals surface area contributed by atoms with Gasteiger partial charge >= 0.3 is 0 Å². The normalized spacial score (nSPS) is 11.9. The fourth-order valence-electron chi connectivity index (χ4n) is 10.3. The van der Waals surface area contributed by atoms with E-state index in [2.05, 4.69) is 157 Å². The van der Waals surface area contributed by atoms with Crippen molar-refractivity contribution >= 4 is 46.4 Å². The third-order valence-electron chi connectivity index (χ3n) is 14.5. The first-order chi connectivity index (χ1) is 37.0. The Kier molecular flexibility index (Phi) is 18.9. The number of rotatable bonds is 28. The first-order valence-corrected chi connectivity index (χ1v) is 28.3.